The molecular weight excluding hydrogens is 333 g/mol. The molecule has 2 aromatic rings. The fourth-order valence-electron chi connectivity index (χ4n) is 2.30. The number of ether oxygens (including phenoxy) is 2. The fourth-order valence-corrected chi connectivity index (χ4v) is 2.30. The van der Waals surface area contributed by atoms with Crippen LogP contribution < -0.4 is 0 Å². The molecule has 6 heteroatoms. The Balaban J connectivity index is 2.25. The van der Waals surface area contributed by atoms with Crippen molar-refractivity contribution in [2.24, 2.45) is 0 Å². The third-order valence-electron chi connectivity index (χ3n) is 3.45. The molecule has 0 saturated carbocycles. The summed E-state index contributed by atoms with van der Waals surface area (Å²) in [6, 6.07) is 13.7. The van der Waals surface area contributed by atoms with E-state index >= 15 is 0 Å². The zero-order valence-corrected chi connectivity index (χ0v) is 13.8. The van der Waals surface area contributed by atoms with Crippen LogP contribution >= 0.6 is 0 Å². The van der Waals surface area contributed by atoms with E-state index in [9.17, 15) is 18.0 Å². The maximum Gasteiger partial charge on any atom is 0.416 e. The van der Waals surface area contributed by atoms with E-state index in [0.29, 0.717) is 17.5 Å². The van der Waals surface area contributed by atoms with Gasteiger partial charge < -0.3 is 9.47 Å². The van der Waals surface area contributed by atoms with E-state index in [1.54, 1.807) is 36.4 Å². The van der Waals surface area contributed by atoms with Crippen LogP contribution in [-0.4, -0.2) is 19.2 Å². The van der Waals surface area contributed by atoms with Crippen molar-refractivity contribution in [1.82, 2.24) is 0 Å². The predicted octanol–water partition coefficient (Wildman–Crippen LogP) is 4.76. The number of benzene rings is 2. The topological polar surface area (TPSA) is 35.5 Å². The van der Waals surface area contributed by atoms with E-state index in [1.165, 1.54) is 6.07 Å². The lowest BCUT2D eigenvalue weighted by Crippen LogP contribution is -2.17. The monoisotopic (exact) mass is 352 g/mol. The van der Waals surface area contributed by atoms with Crippen LogP contribution in [0.25, 0.3) is 0 Å². The van der Waals surface area contributed by atoms with E-state index in [0.717, 1.165) is 12.1 Å². The summed E-state index contributed by atoms with van der Waals surface area (Å²) >= 11 is 0. The second-order valence-corrected chi connectivity index (χ2v) is 5.45. The highest BCUT2D eigenvalue weighted by Gasteiger charge is 2.31. The molecule has 2 aromatic carbocycles. The second kappa shape index (κ2) is 8.67. The van der Waals surface area contributed by atoms with E-state index in [4.69, 9.17) is 9.47 Å². The van der Waals surface area contributed by atoms with Crippen molar-refractivity contribution in [3.8, 4) is 0 Å². The summed E-state index contributed by atoms with van der Waals surface area (Å²) in [5, 5.41) is 0. The quantitative estimate of drug-likeness (QED) is 0.674. The molecule has 0 aromatic heterocycles. The van der Waals surface area contributed by atoms with Crippen molar-refractivity contribution in [2.75, 3.05) is 13.2 Å². The Labute approximate surface area is 144 Å². The van der Waals surface area contributed by atoms with Crippen molar-refractivity contribution in [2.45, 2.75) is 25.6 Å². The minimum absolute atomic E-state index is 0.280. The molecule has 0 radical (unpaired) electrons. The van der Waals surface area contributed by atoms with Crippen molar-refractivity contribution in [3.63, 3.8) is 0 Å². The van der Waals surface area contributed by atoms with Crippen molar-refractivity contribution < 1.29 is 27.4 Å². The molecule has 0 saturated heterocycles. The Morgan fingerprint density at radius 2 is 1.72 bits per heavy atom. The molecule has 2 rings (SSSR count). The summed E-state index contributed by atoms with van der Waals surface area (Å²) in [5.74, 6) is -0.547. The molecule has 1 atom stereocenters. The van der Waals surface area contributed by atoms with Crippen LogP contribution in [0, 0.1) is 0 Å². The van der Waals surface area contributed by atoms with Crippen LogP contribution in [0.5, 0.6) is 0 Å². The summed E-state index contributed by atoms with van der Waals surface area (Å²) in [6.07, 6.45) is -4.56. The lowest BCUT2D eigenvalue weighted by molar-refractivity contribution is -0.150. The number of halogens is 3. The van der Waals surface area contributed by atoms with Gasteiger partial charge >= 0.3 is 12.1 Å². The molecule has 0 spiro atoms. The molecular formula is C19H19F3O3. The predicted molar refractivity (Wildman–Crippen MR) is 86.9 cm³/mol. The molecule has 3 nitrogen and oxygen atoms in total. The smallest absolute Gasteiger partial charge is 0.416 e. The summed E-state index contributed by atoms with van der Waals surface area (Å²) in [4.78, 5) is 11.7. The molecule has 0 N–H and O–H groups in total. The maximum absolute atomic E-state index is 13.0. The van der Waals surface area contributed by atoms with Crippen molar-refractivity contribution in [3.05, 3.63) is 71.3 Å². The van der Waals surface area contributed by atoms with Crippen LogP contribution in [0.2, 0.25) is 0 Å². The molecule has 0 amide bonds. The van der Waals surface area contributed by atoms with Crippen molar-refractivity contribution in [1.29, 1.82) is 0 Å². The number of carbonyl (C=O) groups excluding carboxylic acids is 1. The van der Waals surface area contributed by atoms with Gasteiger partial charge in [0, 0.05) is 0 Å². The van der Waals surface area contributed by atoms with Gasteiger partial charge in [0.2, 0.25) is 0 Å². The average Bonchev–Trinajstić information content (AvgIpc) is 2.60. The standard InChI is InChI=1S/C19H19F3O3/c1-2-11-24-17(23)13-25-18(14-7-4-3-5-8-14)15-9-6-10-16(12-15)19(20,21)22/h3-10,12,18H,2,11,13H2,1H3. The molecule has 0 bridgehead atoms. The van der Waals surface area contributed by atoms with Gasteiger partial charge in [-0.3, -0.25) is 0 Å². The van der Waals surface area contributed by atoms with E-state index in [1.807, 2.05) is 6.92 Å². The fraction of sp³-hybridized carbons (Fsp3) is 0.316. The first-order valence-electron chi connectivity index (χ1n) is 7.91. The zero-order chi connectivity index (χ0) is 18.3. The highest BCUT2D eigenvalue weighted by molar-refractivity contribution is 5.70. The first kappa shape index (κ1) is 19.0. The molecule has 0 aliphatic carbocycles. The minimum Gasteiger partial charge on any atom is -0.464 e. The molecule has 134 valence electrons. The van der Waals surface area contributed by atoms with Crippen LogP contribution in [0.4, 0.5) is 13.2 Å². The lowest BCUT2D eigenvalue weighted by Gasteiger charge is -2.20. The van der Waals surface area contributed by atoms with Gasteiger partial charge in [-0.1, -0.05) is 49.4 Å². The van der Waals surface area contributed by atoms with E-state index in [2.05, 4.69) is 0 Å². The summed E-state index contributed by atoms with van der Waals surface area (Å²) in [6.45, 7) is 1.81. The lowest BCUT2D eigenvalue weighted by atomic mass is 9.99. The van der Waals surface area contributed by atoms with Gasteiger partial charge in [-0.2, -0.15) is 13.2 Å². The van der Waals surface area contributed by atoms with Gasteiger partial charge in [0.1, 0.15) is 12.7 Å². The van der Waals surface area contributed by atoms with Crippen LogP contribution in [0.1, 0.15) is 36.1 Å². The summed E-state index contributed by atoms with van der Waals surface area (Å²) in [7, 11) is 0. The van der Waals surface area contributed by atoms with E-state index in [-0.39, 0.29) is 13.2 Å². The molecule has 25 heavy (non-hydrogen) atoms. The third kappa shape index (κ3) is 5.60. The second-order valence-electron chi connectivity index (χ2n) is 5.45. The van der Waals surface area contributed by atoms with Crippen LogP contribution in [0.15, 0.2) is 54.6 Å². The minimum atomic E-state index is -4.45. The Morgan fingerprint density at radius 1 is 1.04 bits per heavy atom. The third-order valence-corrected chi connectivity index (χ3v) is 3.45. The molecule has 0 aliphatic rings. The molecule has 0 fully saturated rings. The Hall–Kier alpha value is -2.34. The van der Waals surface area contributed by atoms with Gasteiger partial charge in [0.25, 0.3) is 0 Å². The normalized spacial score (nSPS) is 12.6. The van der Waals surface area contributed by atoms with Crippen LogP contribution in [-0.2, 0) is 20.4 Å². The molecule has 0 aliphatic heterocycles. The maximum atomic E-state index is 13.0. The number of hydrogen-bond donors (Lipinski definition) is 0. The number of rotatable bonds is 7. The Bertz CT molecular complexity index is 684. The number of hydrogen-bond acceptors (Lipinski definition) is 3. The number of alkyl halides is 3. The van der Waals surface area contributed by atoms with Crippen LogP contribution in [0.3, 0.4) is 0 Å². The number of esters is 1. The SMILES string of the molecule is CCCOC(=O)COC(c1ccccc1)c1cccc(C(F)(F)F)c1. The first-order chi connectivity index (χ1) is 11.9. The van der Waals surface area contributed by atoms with Gasteiger partial charge in [0.15, 0.2) is 0 Å². The van der Waals surface area contributed by atoms with Gasteiger partial charge in [-0.15, -0.1) is 0 Å². The molecule has 1 unspecified atom stereocenters. The first-order valence-corrected chi connectivity index (χ1v) is 7.91. The van der Waals surface area contributed by atoms with Gasteiger partial charge in [0.05, 0.1) is 12.2 Å². The van der Waals surface area contributed by atoms with Crippen molar-refractivity contribution >= 4 is 5.97 Å². The Kier molecular flexibility index (Phi) is 6.58. The highest BCUT2D eigenvalue weighted by atomic mass is 19.4. The summed E-state index contributed by atoms with van der Waals surface area (Å²) < 4.78 is 49.5. The summed E-state index contributed by atoms with van der Waals surface area (Å²) in [5.41, 5.74) is 0.220. The highest BCUT2D eigenvalue weighted by Crippen LogP contribution is 2.33. The average molecular weight is 352 g/mol. The van der Waals surface area contributed by atoms with Gasteiger partial charge in [-0.25, -0.2) is 4.79 Å². The largest absolute Gasteiger partial charge is 0.464 e. The molecule has 0 heterocycles. The van der Waals surface area contributed by atoms with E-state index < -0.39 is 23.8 Å². The zero-order valence-electron chi connectivity index (χ0n) is 13.8. The van der Waals surface area contributed by atoms with Gasteiger partial charge in [-0.05, 0) is 29.7 Å². The Morgan fingerprint density at radius 3 is 2.36 bits per heavy atom. The number of carbonyl (C=O) groups is 1.